The normalized spacial score (nSPS) is 23.6. The van der Waals surface area contributed by atoms with E-state index < -0.39 is 6.36 Å². The second-order valence-electron chi connectivity index (χ2n) is 4.34. The molecule has 3 nitrogen and oxygen atoms in total. The number of hydrogen-bond acceptors (Lipinski definition) is 4. The molecule has 19 heavy (non-hydrogen) atoms. The van der Waals surface area contributed by atoms with Crippen LogP contribution in [0.15, 0.2) is 29.2 Å². The fourth-order valence-electron chi connectivity index (χ4n) is 1.93. The molecule has 7 heteroatoms. The summed E-state index contributed by atoms with van der Waals surface area (Å²) in [7, 11) is 0. The minimum Gasteiger partial charge on any atom is -0.406 e. The predicted octanol–water partition coefficient (Wildman–Crippen LogP) is 3.10. The van der Waals surface area contributed by atoms with Crippen molar-refractivity contribution in [2.75, 3.05) is 0 Å². The molecule has 1 aliphatic carbocycles. The van der Waals surface area contributed by atoms with Gasteiger partial charge >= 0.3 is 6.36 Å². The maximum absolute atomic E-state index is 12.0. The fraction of sp³-hybridized carbons (Fsp3) is 0.500. The van der Waals surface area contributed by atoms with E-state index in [-0.39, 0.29) is 17.9 Å². The van der Waals surface area contributed by atoms with Crippen molar-refractivity contribution in [1.82, 2.24) is 4.72 Å². The first-order valence-corrected chi connectivity index (χ1v) is 6.72. The van der Waals surface area contributed by atoms with Gasteiger partial charge < -0.3 is 9.84 Å². The summed E-state index contributed by atoms with van der Waals surface area (Å²) in [5.41, 5.74) is 0. The van der Waals surface area contributed by atoms with E-state index >= 15 is 0 Å². The number of halogens is 3. The van der Waals surface area contributed by atoms with Crippen LogP contribution in [0.1, 0.15) is 19.3 Å². The molecule has 2 atom stereocenters. The Kier molecular flexibility index (Phi) is 4.59. The highest BCUT2D eigenvalue weighted by molar-refractivity contribution is 7.97. The Morgan fingerprint density at radius 3 is 2.42 bits per heavy atom. The van der Waals surface area contributed by atoms with Crippen LogP contribution in [0.3, 0.4) is 0 Å². The highest BCUT2D eigenvalue weighted by atomic mass is 32.2. The van der Waals surface area contributed by atoms with E-state index in [4.69, 9.17) is 0 Å². The zero-order chi connectivity index (χ0) is 13.9. The zero-order valence-electron chi connectivity index (χ0n) is 9.98. The lowest BCUT2D eigenvalue weighted by Crippen LogP contribution is -2.30. The Balaban J connectivity index is 1.85. The van der Waals surface area contributed by atoms with E-state index in [1.54, 1.807) is 12.1 Å². The lowest BCUT2D eigenvalue weighted by atomic mass is 10.2. The maximum atomic E-state index is 12.0. The van der Waals surface area contributed by atoms with Crippen LogP contribution >= 0.6 is 11.9 Å². The number of aliphatic hydroxyl groups is 1. The summed E-state index contributed by atoms with van der Waals surface area (Å²) in [5, 5.41) is 9.62. The molecule has 1 fully saturated rings. The van der Waals surface area contributed by atoms with Crippen molar-refractivity contribution in [3.63, 3.8) is 0 Å². The van der Waals surface area contributed by atoms with Gasteiger partial charge in [-0.25, -0.2) is 0 Å². The standard InChI is InChI=1S/C12H14F3NO2S/c13-12(14,15)18-8-4-6-9(7-5-8)19-16-10-2-1-3-11(10)17/h4-7,10-11,16-17H,1-3H2/t10-,11-/m1/s1. The van der Waals surface area contributed by atoms with Gasteiger partial charge in [-0.05, 0) is 55.5 Å². The van der Waals surface area contributed by atoms with E-state index in [0.29, 0.717) is 0 Å². The maximum Gasteiger partial charge on any atom is 0.573 e. The van der Waals surface area contributed by atoms with Gasteiger partial charge in [-0.1, -0.05) is 0 Å². The molecule has 0 aliphatic heterocycles. The third-order valence-corrected chi connectivity index (χ3v) is 3.79. The molecular weight excluding hydrogens is 279 g/mol. The van der Waals surface area contributed by atoms with Crippen LogP contribution in [0.4, 0.5) is 13.2 Å². The van der Waals surface area contributed by atoms with Crippen molar-refractivity contribution >= 4 is 11.9 Å². The minimum atomic E-state index is -4.67. The van der Waals surface area contributed by atoms with E-state index in [1.165, 1.54) is 24.1 Å². The summed E-state index contributed by atoms with van der Waals surface area (Å²) in [4.78, 5) is 0.772. The van der Waals surface area contributed by atoms with Crippen molar-refractivity contribution < 1.29 is 23.0 Å². The number of ether oxygens (including phenoxy) is 1. The molecule has 2 N–H and O–H groups in total. The van der Waals surface area contributed by atoms with Crippen LogP contribution in [-0.2, 0) is 0 Å². The highest BCUT2D eigenvalue weighted by Gasteiger charge is 2.31. The highest BCUT2D eigenvalue weighted by Crippen LogP contribution is 2.27. The van der Waals surface area contributed by atoms with Gasteiger partial charge in [0.1, 0.15) is 5.75 Å². The number of rotatable bonds is 4. The van der Waals surface area contributed by atoms with Gasteiger partial charge in [-0.2, -0.15) is 0 Å². The Morgan fingerprint density at radius 2 is 1.89 bits per heavy atom. The number of nitrogens with one attached hydrogen (secondary N) is 1. The summed E-state index contributed by atoms with van der Waals surface area (Å²) in [6, 6.07) is 5.65. The molecule has 1 aromatic carbocycles. The van der Waals surface area contributed by atoms with Gasteiger partial charge in [0.2, 0.25) is 0 Å². The van der Waals surface area contributed by atoms with Crippen molar-refractivity contribution in [2.45, 2.75) is 42.7 Å². The van der Waals surface area contributed by atoms with E-state index in [1.807, 2.05) is 0 Å². The molecule has 0 unspecified atom stereocenters. The summed E-state index contributed by atoms with van der Waals surface area (Å²) >= 11 is 1.30. The van der Waals surface area contributed by atoms with Gasteiger partial charge in [-0.3, -0.25) is 4.72 Å². The van der Waals surface area contributed by atoms with Gasteiger partial charge in [0.15, 0.2) is 0 Å². The van der Waals surface area contributed by atoms with Crippen LogP contribution in [0.2, 0.25) is 0 Å². The van der Waals surface area contributed by atoms with Gasteiger partial charge in [0, 0.05) is 10.9 Å². The van der Waals surface area contributed by atoms with Crippen LogP contribution in [0.25, 0.3) is 0 Å². The molecule has 106 valence electrons. The quantitative estimate of drug-likeness (QED) is 0.837. The van der Waals surface area contributed by atoms with Crippen molar-refractivity contribution in [1.29, 1.82) is 0 Å². The average Bonchev–Trinajstić information content (AvgIpc) is 2.72. The first kappa shape index (κ1) is 14.5. The van der Waals surface area contributed by atoms with Crippen molar-refractivity contribution in [3.8, 4) is 5.75 Å². The molecule has 0 saturated heterocycles. The van der Waals surface area contributed by atoms with E-state index in [2.05, 4.69) is 9.46 Å². The first-order valence-electron chi connectivity index (χ1n) is 5.90. The molecule has 0 aromatic heterocycles. The second-order valence-corrected chi connectivity index (χ2v) is 5.26. The lowest BCUT2D eigenvalue weighted by molar-refractivity contribution is -0.274. The van der Waals surface area contributed by atoms with Crippen LogP contribution < -0.4 is 9.46 Å². The molecule has 0 bridgehead atoms. The van der Waals surface area contributed by atoms with Crippen molar-refractivity contribution in [2.24, 2.45) is 0 Å². The minimum absolute atomic E-state index is 0.0381. The summed E-state index contributed by atoms with van der Waals surface area (Å²) in [6.45, 7) is 0. The molecule has 0 amide bonds. The molecular formula is C12H14F3NO2S. The zero-order valence-corrected chi connectivity index (χ0v) is 10.8. The summed E-state index contributed by atoms with van der Waals surface area (Å²) in [6.07, 6.45) is -2.33. The van der Waals surface area contributed by atoms with E-state index in [9.17, 15) is 18.3 Å². The number of hydrogen-bond donors (Lipinski definition) is 2. The van der Waals surface area contributed by atoms with Crippen LogP contribution in [0.5, 0.6) is 5.75 Å². The number of alkyl halides is 3. The van der Waals surface area contributed by atoms with Gasteiger partial charge in [0.05, 0.1) is 6.10 Å². The average molecular weight is 293 g/mol. The Hall–Kier alpha value is -0.920. The molecule has 0 spiro atoms. The van der Waals surface area contributed by atoms with Gasteiger partial charge in [0.25, 0.3) is 0 Å². The fourth-order valence-corrected chi connectivity index (χ4v) is 2.77. The molecule has 1 aromatic rings. The Labute approximate surface area is 113 Å². The molecule has 1 saturated carbocycles. The third kappa shape index (κ3) is 4.59. The van der Waals surface area contributed by atoms with Crippen LogP contribution in [-0.4, -0.2) is 23.6 Å². The largest absolute Gasteiger partial charge is 0.573 e. The Bertz CT molecular complexity index is 410. The van der Waals surface area contributed by atoms with Gasteiger partial charge in [-0.15, -0.1) is 13.2 Å². The molecule has 2 rings (SSSR count). The smallest absolute Gasteiger partial charge is 0.406 e. The SMILES string of the molecule is O[C@@H]1CCC[C@H]1NSc1ccc(OC(F)(F)F)cc1. The second kappa shape index (κ2) is 6.02. The number of benzene rings is 1. The molecule has 0 heterocycles. The molecule has 1 aliphatic rings. The summed E-state index contributed by atoms with van der Waals surface area (Å²) < 4.78 is 42.8. The van der Waals surface area contributed by atoms with Crippen molar-refractivity contribution in [3.05, 3.63) is 24.3 Å². The van der Waals surface area contributed by atoms with Crippen LogP contribution in [0, 0.1) is 0 Å². The third-order valence-electron chi connectivity index (χ3n) is 2.86. The first-order chi connectivity index (χ1) is 8.94. The monoisotopic (exact) mass is 293 g/mol. The predicted molar refractivity (Wildman–Crippen MR) is 65.8 cm³/mol. The lowest BCUT2D eigenvalue weighted by Gasteiger charge is -2.15. The Morgan fingerprint density at radius 1 is 1.21 bits per heavy atom. The molecule has 0 radical (unpaired) electrons. The summed E-state index contributed by atoms with van der Waals surface area (Å²) in [5.74, 6) is -0.238. The van der Waals surface area contributed by atoms with E-state index in [0.717, 1.165) is 24.2 Å². The number of aliphatic hydroxyl groups excluding tert-OH is 1. The topological polar surface area (TPSA) is 41.5 Å².